The van der Waals surface area contributed by atoms with Gasteiger partial charge in [-0.25, -0.2) is 13.4 Å². The number of benzene rings is 1. The third-order valence-corrected chi connectivity index (χ3v) is 5.61. The average Bonchev–Trinajstić information content (AvgIpc) is 2.50. The molecule has 3 rings (SSSR count). The van der Waals surface area contributed by atoms with E-state index in [9.17, 15) is 21.6 Å². The lowest BCUT2D eigenvalue weighted by Crippen LogP contribution is -2.56. The molecular formula is C15H12ClF3N2O3S. The summed E-state index contributed by atoms with van der Waals surface area (Å²) >= 11 is 5.80. The highest BCUT2D eigenvalue weighted by Gasteiger charge is 2.39. The number of rotatable bonds is 4. The van der Waals surface area contributed by atoms with E-state index in [1.54, 1.807) is 6.07 Å². The fourth-order valence-corrected chi connectivity index (χ4v) is 4.06. The molecule has 0 amide bonds. The summed E-state index contributed by atoms with van der Waals surface area (Å²) in [5.41, 5.74) is -1.06. The smallest absolute Gasteiger partial charge is 0.433 e. The van der Waals surface area contributed by atoms with Gasteiger partial charge in [-0.1, -0.05) is 23.7 Å². The summed E-state index contributed by atoms with van der Waals surface area (Å²) in [6.07, 6.45) is -5.13. The number of hydrogen-bond donors (Lipinski definition) is 0. The molecule has 134 valence electrons. The topological polar surface area (TPSA) is 59.5 Å². The fourth-order valence-electron chi connectivity index (χ4n) is 2.26. The maximum absolute atomic E-state index is 12.6. The summed E-state index contributed by atoms with van der Waals surface area (Å²) in [7, 11) is -3.71. The van der Waals surface area contributed by atoms with Crippen LogP contribution in [0.5, 0.6) is 5.88 Å². The first kappa shape index (κ1) is 18.0. The minimum atomic E-state index is -4.57. The van der Waals surface area contributed by atoms with Gasteiger partial charge in [0.05, 0.1) is 18.0 Å². The predicted molar refractivity (Wildman–Crippen MR) is 83.9 cm³/mol. The number of aromatic nitrogens is 1. The molecule has 10 heteroatoms. The van der Waals surface area contributed by atoms with E-state index in [1.807, 2.05) is 0 Å². The summed E-state index contributed by atoms with van der Waals surface area (Å²) in [6, 6.07) is 9.15. The summed E-state index contributed by atoms with van der Waals surface area (Å²) in [6.45, 7) is 0.0412. The molecule has 1 aromatic heterocycles. The minimum absolute atomic E-state index is 0.0206. The molecule has 0 spiro atoms. The quantitative estimate of drug-likeness (QED) is 0.801. The van der Waals surface area contributed by atoms with Crippen LogP contribution in [0.15, 0.2) is 47.4 Å². The number of pyridine rings is 1. The van der Waals surface area contributed by atoms with Crippen LogP contribution in [0, 0.1) is 0 Å². The number of sulfonamides is 1. The lowest BCUT2D eigenvalue weighted by atomic mass is 10.2. The van der Waals surface area contributed by atoms with E-state index in [4.69, 9.17) is 16.3 Å². The molecule has 5 nitrogen and oxygen atoms in total. The first-order valence-corrected chi connectivity index (χ1v) is 8.95. The molecule has 0 saturated carbocycles. The molecule has 1 aliphatic heterocycles. The third kappa shape index (κ3) is 3.88. The molecular weight excluding hydrogens is 381 g/mol. The van der Waals surface area contributed by atoms with Crippen LogP contribution in [-0.4, -0.2) is 36.9 Å². The Kier molecular flexibility index (Phi) is 4.65. The SMILES string of the molecule is O=S(=O)(c1cccc(Cl)c1)N1CC(Oc2cccc(C(F)(F)F)n2)C1. The van der Waals surface area contributed by atoms with Crippen molar-refractivity contribution in [1.82, 2.24) is 9.29 Å². The summed E-state index contributed by atoms with van der Waals surface area (Å²) in [5, 5.41) is 0.294. The van der Waals surface area contributed by atoms with E-state index in [0.29, 0.717) is 5.02 Å². The van der Waals surface area contributed by atoms with Crippen LogP contribution in [0.25, 0.3) is 0 Å². The Morgan fingerprint density at radius 3 is 2.48 bits per heavy atom. The predicted octanol–water partition coefficient (Wildman–Crippen LogP) is 3.21. The van der Waals surface area contributed by atoms with E-state index < -0.39 is 28.0 Å². The zero-order valence-electron chi connectivity index (χ0n) is 12.6. The molecule has 1 saturated heterocycles. The second-order valence-corrected chi connectivity index (χ2v) is 7.75. The van der Waals surface area contributed by atoms with E-state index in [1.165, 1.54) is 30.3 Å². The summed E-state index contributed by atoms with van der Waals surface area (Å²) < 4.78 is 69.2. The monoisotopic (exact) mass is 392 g/mol. The van der Waals surface area contributed by atoms with Crippen molar-refractivity contribution in [2.45, 2.75) is 17.2 Å². The first-order valence-electron chi connectivity index (χ1n) is 7.13. The van der Waals surface area contributed by atoms with Crippen molar-refractivity contribution < 1.29 is 26.3 Å². The summed E-state index contributed by atoms with van der Waals surface area (Å²) in [5.74, 6) is -0.195. The van der Waals surface area contributed by atoms with Gasteiger partial charge in [0.15, 0.2) is 0 Å². The van der Waals surface area contributed by atoms with Crippen LogP contribution < -0.4 is 4.74 Å². The van der Waals surface area contributed by atoms with Crippen molar-refractivity contribution in [1.29, 1.82) is 0 Å². The molecule has 1 aromatic carbocycles. The highest BCUT2D eigenvalue weighted by atomic mass is 35.5. The van der Waals surface area contributed by atoms with Gasteiger partial charge in [0.25, 0.3) is 0 Å². The van der Waals surface area contributed by atoms with Crippen LogP contribution in [0.3, 0.4) is 0 Å². The van der Waals surface area contributed by atoms with E-state index >= 15 is 0 Å². The van der Waals surface area contributed by atoms with Gasteiger partial charge in [-0.2, -0.15) is 17.5 Å². The van der Waals surface area contributed by atoms with Crippen molar-refractivity contribution in [3.8, 4) is 5.88 Å². The Balaban J connectivity index is 1.65. The molecule has 0 radical (unpaired) electrons. The first-order chi connectivity index (χ1) is 11.7. The van der Waals surface area contributed by atoms with Crippen molar-refractivity contribution in [2.24, 2.45) is 0 Å². The molecule has 0 bridgehead atoms. The van der Waals surface area contributed by atoms with E-state index in [-0.39, 0.29) is 23.9 Å². The number of alkyl halides is 3. The van der Waals surface area contributed by atoms with Crippen molar-refractivity contribution in [2.75, 3.05) is 13.1 Å². The molecule has 2 aromatic rings. The van der Waals surface area contributed by atoms with Crippen LogP contribution in [0.1, 0.15) is 5.69 Å². The average molecular weight is 393 g/mol. The highest BCUT2D eigenvalue weighted by molar-refractivity contribution is 7.89. The van der Waals surface area contributed by atoms with E-state index in [2.05, 4.69) is 4.98 Å². The van der Waals surface area contributed by atoms with Crippen LogP contribution in [0.4, 0.5) is 13.2 Å². The van der Waals surface area contributed by atoms with Gasteiger partial charge in [-0.05, 0) is 24.3 Å². The maximum Gasteiger partial charge on any atom is 0.433 e. The van der Waals surface area contributed by atoms with Crippen LogP contribution in [0.2, 0.25) is 5.02 Å². The minimum Gasteiger partial charge on any atom is -0.472 e. The van der Waals surface area contributed by atoms with Gasteiger partial charge in [0, 0.05) is 11.1 Å². The maximum atomic E-state index is 12.6. The lowest BCUT2D eigenvalue weighted by molar-refractivity contribution is -0.141. The van der Waals surface area contributed by atoms with Crippen molar-refractivity contribution in [3.05, 3.63) is 53.2 Å². The zero-order chi connectivity index (χ0) is 18.2. The highest BCUT2D eigenvalue weighted by Crippen LogP contribution is 2.30. The molecule has 0 atom stereocenters. The number of nitrogens with zero attached hydrogens (tertiary/aromatic N) is 2. The van der Waals surface area contributed by atoms with Crippen molar-refractivity contribution in [3.63, 3.8) is 0 Å². The molecule has 0 aliphatic carbocycles. The molecule has 1 fully saturated rings. The Hall–Kier alpha value is -1.84. The molecule has 25 heavy (non-hydrogen) atoms. The van der Waals surface area contributed by atoms with Gasteiger partial charge in [0.2, 0.25) is 15.9 Å². The normalized spacial score (nSPS) is 16.5. The molecule has 0 N–H and O–H groups in total. The molecule has 1 aliphatic rings. The third-order valence-electron chi connectivity index (χ3n) is 3.55. The van der Waals surface area contributed by atoms with Gasteiger partial charge in [0.1, 0.15) is 11.8 Å². The van der Waals surface area contributed by atoms with Crippen LogP contribution >= 0.6 is 11.6 Å². The van der Waals surface area contributed by atoms with Gasteiger partial charge >= 0.3 is 6.18 Å². The van der Waals surface area contributed by atoms with E-state index in [0.717, 1.165) is 10.4 Å². The number of ether oxygens (including phenoxy) is 1. The molecule has 0 unspecified atom stereocenters. The number of hydrogen-bond acceptors (Lipinski definition) is 4. The Labute approximate surface area is 147 Å². The van der Waals surface area contributed by atoms with Gasteiger partial charge in [-0.3, -0.25) is 0 Å². The number of halogens is 4. The Morgan fingerprint density at radius 2 is 1.84 bits per heavy atom. The van der Waals surface area contributed by atoms with Crippen LogP contribution in [-0.2, 0) is 16.2 Å². The summed E-state index contributed by atoms with van der Waals surface area (Å²) in [4.78, 5) is 3.44. The lowest BCUT2D eigenvalue weighted by Gasteiger charge is -2.37. The van der Waals surface area contributed by atoms with Gasteiger partial charge in [-0.15, -0.1) is 0 Å². The second-order valence-electron chi connectivity index (χ2n) is 5.38. The van der Waals surface area contributed by atoms with Crippen molar-refractivity contribution >= 4 is 21.6 Å². The second kappa shape index (κ2) is 6.47. The standard InChI is InChI=1S/C15H12ClF3N2O3S/c16-10-3-1-4-12(7-10)25(22,23)21-8-11(9-21)24-14-6-2-5-13(20-14)15(17,18)19/h1-7,11H,8-9H2. The Bertz CT molecular complexity index is 884. The zero-order valence-corrected chi connectivity index (χ0v) is 14.1. The van der Waals surface area contributed by atoms with Gasteiger partial charge < -0.3 is 4.74 Å². The Morgan fingerprint density at radius 1 is 1.16 bits per heavy atom. The molecule has 2 heterocycles. The fraction of sp³-hybridized carbons (Fsp3) is 0.267. The largest absolute Gasteiger partial charge is 0.472 e.